The number of esters is 1. The van der Waals surface area contributed by atoms with Crippen LogP contribution in [0.5, 0.6) is 0 Å². The summed E-state index contributed by atoms with van der Waals surface area (Å²) >= 11 is 15.3. The van der Waals surface area contributed by atoms with Gasteiger partial charge in [-0.2, -0.15) is 0 Å². The largest absolute Gasteiger partial charge is 0.414 e. The molecule has 0 aromatic rings. The van der Waals surface area contributed by atoms with Crippen LogP contribution in [0.15, 0.2) is 0 Å². The van der Waals surface area contributed by atoms with E-state index >= 15 is 0 Å². The smallest absolute Gasteiger partial charge is 0.340 e. The predicted molar refractivity (Wildman–Crippen MR) is 41.7 cm³/mol. The van der Waals surface area contributed by atoms with Crippen molar-refractivity contribution in [1.29, 1.82) is 0 Å². The molecule has 0 N–H and O–H groups in total. The van der Waals surface area contributed by atoms with E-state index in [2.05, 4.69) is 4.74 Å². The van der Waals surface area contributed by atoms with E-state index in [0.717, 1.165) is 0 Å². The van der Waals surface area contributed by atoms with Gasteiger partial charge in [0.2, 0.25) is 0 Å². The molecule has 0 radical (unpaired) electrons. The summed E-state index contributed by atoms with van der Waals surface area (Å²) in [4.78, 5) is 20.9. The highest BCUT2D eigenvalue weighted by molar-refractivity contribution is 6.66. The number of carbonyl (C=O) groups excluding carboxylic acids is 2. The average molecular weight is 219 g/mol. The Balaban J connectivity index is 3.80. The number of alkyl halides is 3. The topological polar surface area (TPSA) is 43.4 Å². The standard InChI is InChI=1S/C5H5Cl3O3/c1-3(9)2-4(10)11-5(6,7)8/h2H2,1H3. The first-order valence-corrected chi connectivity index (χ1v) is 3.72. The second-order valence-electron chi connectivity index (χ2n) is 1.80. The zero-order valence-corrected chi connectivity index (χ0v) is 7.83. The first kappa shape index (κ1) is 11.0. The molecule has 0 saturated heterocycles. The Labute approximate surface area is 78.5 Å². The summed E-state index contributed by atoms with van der Waals surface area (Å²) in [5, 5.41) is 0. The summed E-state index contributed by atoms with van der Waals surface area (Å²) in [7, 11) is 0. The Morgan fingerprint density at radius 2 is 1.82 bits per heavy atom. The van der Waals surface area contributed by atoms with Crippen LogP contribution in [0.4, 0.5) is 0 Å². The van der Waals surface area contributed by atoms with E-state index in [1.54, 1.807) is 0 Å². The molecular weight excluding hydrogens is 214 g/mol. The molecule has 0 rings (SSSR count). The first-order valence-electron chi connectivity index (χ1n) is 2.59. The molecule has 0 saturated carbocycles. The molecule has 0 spiro atoms. The van der Waals surface area contributed by atoms with Gasteiger partial charge >= 0.3 is 9.95 Å². The number of hydrogen-bond donors (Lipinski definition) is 0. The van der Waals surface area contributed by atoms with Crippen molar-refractivity contribution < 1.29 is 14.3 Å². The van der Waals surface area contributed by atoms with Crippen LogP contribution in [0.2, 0.25) is 0 Å². The van der Waals surface area contributed by atoms with Crippen molar-refractivity contribution in [2.75, 3.05) is 0 Å². The van der Waals surface area contributed by atoms with Gasteiger partial charge in [-0.25, -0.2) is 0 Å². The average Bonchev–Trinajstić information content (AvgIpc) is 1.53. The van der Waals surface area contributed by atoms with Crippen LogP contribution in [0.25, 0.3) is 0 Å². The van der Waals surface area contributed by atoms with E-state index < -0.39 is 9.95 Å². The number of hydrogen-bond acceptors (Lipinski definition) is 3. The van der Waals surface area contributed by atoms with Gasteiger partial charge < -0.3 is 4.74 Å². The number of carbonyl (C=O) groups is 2. The van der Waals surface area contributed by atoms with Gasteiger partial charge in [-0.1, -0.05) is 0 Å². The molecule has 0 aliphatic rings. The number of halogens is 3. The number of Topliss-reactive ketones (excluding diaryl/α,β-unsaturated/α-hetero) is 1. The normalized spacial score (nSPS) is 10.9. The number of ketones is 1. The van der Waals surface area contributed by atoms with Crippen LogP contribution in [0.3, 0.4) is 0 Å². The van der Waals surface area contributed by atoms with Gasteiger partial charge in [0.25, 0.3) is 0 Å². The Bertz CT molecular complexity index is 172. The van der Waals surface area contributed by atoms with E-state index in [1.807, 2.05) is 0 Å². The SMILES string of the molecule is CC(=O)CC(=O)OC(Cl)(Cl)Cl. The van der Waals surface area contributed by atoms with Gasteiger partial charge in [-0.05, 0) is 41.7 Å². The molecule has 0 heterocycles. The Kier molecular flexibility index (Phi) is 4.14. The quantitative estimate of drug-likeness (QED) is 0.404. The minimum absolute atomic E-state index is 0.343. The van der Waals surface area contributed by atoms with Gasteiger partial charge in [-0.3, -0.25) is 9.59 Å². The van der Waals surface area contributed by atoms with Crippen LogP contribution < -0.4 is 0 Å². The van der Waals surface area contributed by atoms with Crippen LogP contribution in [-0.2, 0) is 14.3 Å². The van der Waals surface area contributed by atoms with Crippen molar-refractivity contribution in [2.45, 2.75) is 17.3 Å². The third kappa shape index (κ3) is 7.91. The first-order chi connectivity index (χ1) is 4.81. The van der Waals surface area contributed by atoms with Gasteiger partial charge in [-0.15, -0.1) is 0 Å². The zero-order valence-electron chi connectivity index (χ0n) is 5.57. The predicted octanol–water partition coefficient (Wildman–Crippen LogP) is 1.84. The fourth-order valence-corrected chi connectivity index (χ4v) is 0.627. The lowest BCUT2D eigenvalue weighted by atomic mass is 10.3. The molecule has 0 amide bonds. The molecule has 0 aliphatic carbocycles. The Morgan fingerprint density at radius 3 is 2.09 bits per heavy atom. The van der Waals surface area contributed by atoms with Crippen molar-refractivity contribution >= 4 is 46.6 Å². The molecular formula is C5H5Cl3O3. The van der Waals surface area contributed by atoms with Crippen molar-refractivity contribution in [3.05, 3.63) is 0 Å². The van der Waals surface area contributed by atoms with Gasteiger partial charge in [0.1, 0.15) is 12.2 Å². The van der Waals surface area contributed by atoms with E-state index in [0.29, 0.717) is 0 Å². The van der Waals surface area contributed by atoms with E-state index in [4.69, 9.17) is 34.8 Å². The third-order valence-corrected chi connectivity index (χ3v) is 0.854. The van der Waals surface area contributed by atoms with Crippen molar-refractivity contribution in [3.63, 3.8) is 0 Å². The van der Waals surface area contributed by atoms with Gasteiger partial charge in [0.05, 0.1) is 0 Å². The fourth-order valence-electron chi connectivity index (χ4n) is 0.368. The lowest BCUT2D eigenvalue weighted by Gasteiger charge is -2.10. The fraction of sp³-hybridized carbons (Fsp3) is 0.600. The highest BCUT2D eigenvalue weighted by Crippen LogP contribution is 2.27. The van der Waals surface area contributed by atoms with E-state index in [9.17, 15) is 9.59 Å². The maximum Gasteiger partial charge on any atom is 0.340 e. The van der Waals surface area contributed by atoms with Gasteiger partial charge in [0.15, 0.2) is 0 Å². The lowest BCUT2D eigenvalue weighted by molar-refractivity contribution is -0.146. The monoisotopic (exact) mass is 218 g/mol. The second kappa shape index (κ2) is 4.14. The molecule has 0 bridgehead atoms. The minimum atomic E-state index is -2.08. The van der Waals surface area contributed by atoms with Crippen LogP contribution in [0, 0.1) is 0 Å². The highest BCUT2D eigenvalue weighted by atomic mass is 35.6. The van der Waals surface area contributed by atoms with Gasteiger partial charge in [0, 0.05) is 0 Å². The molecule has 0 fully saturated rings. The van der Waals surface area contributed by atoms with Crippen molar-refractivity contribution in [1.82, 2.24) is 0 Å². The maximum atomic E-state index is 10.6. The molecule has 6 heteroatoms. The summed E-state index contributed by atoms with van der Waals surface area (Å²) in [5.41, 5.74) is 0. The molecule has 0 atom stereocenters. The second-order valence-corrected chi connectivity index (χ2v) is 3.98. The third-order valence-electron chi connectivity index (χ3n) is 0.623. The van der Waals surface area contributed by atoms with E-state index in [-0.39, 0.29) is 12.2 Å². The number of rotatable bonds is 2. The maximum absolute atomic E-state index is 10.6. The Hall–Kier alpha value is 0.01000. The zero-order chi connectivity index (χ0) is 9.07. The van der Waals surface area contributed by atoms with E-state index in [1.165, 1.54) is 6.92 Å². The molecule has 0 aromatic carbocycles. The Morgan fingerprint density at radius 1 is 1.36 bits per heavy atom. The molecule has 0 aliphatic heterocycles. The summed E-state index contributed by atoms with van der Waals surface area (Å²) < 4.78 is 2.11. The summed E-state index contributed by atoms with van der Waals surface area (Å²) in [5.74, 6) is -1.19. The molecule has 0 aromatic heterocycles. The van der Waals surface area contributed by atoms with Crippen LogP contribution in [0.1, 0.15) is 13.3 Å². The summed E-state index contributed by atoms with van der Waals surface area (Å²) in [6, 6.07) is 0. The minimum Gasteiger partial charge on any atom is -0.414 e. The lowest BCUT2D eigenvalue weighted by Crippen LogP contribution is -2.17. The van der Waals surface area contributed by atoms with Crippen molar-refractivity contribution in [2.24, 2.45) is 0 Å². The molecule has 64 valence electrons. The molecule has 3 nitrogen and oxygen atoms in total. The van der Waals surface area contributed by atoms with Crippen molar-refractivity contribution in [3.8, 4) is 0 Å². The molecule has 11 heavy (non-hydrogen) atoms. The summed E-state index contributed by atoms with van der Waals surface area (Å²) in [6.45, 7) is 1.24. The number of ether oxygens (including phenoxy) is 1. The summed E-state index contributed by atoms with van der Waals surface area (Å²) in [6.07, 6.45) is -0.381. The van der Waals surface area contributed by atoms with Crippen LogP contribution in [-0.4, -0.2) is 15.7 Å². The molecule has 0 unspecified atom stereocenters. The van der Waals surface area contributed by atoms with Crippen LogP contribution >= 0.6 is 34.8 Å². The highest BCUT2D eigenvalue weighted by Gasteiger charge is 2.25.